The van der Waals surface area contributed by atoms with Crippen molar-refractivity contribution in [3.8, 4) is 5.75 Å². The summed E-state index contributed by atoms with van der Waals surface area (Å²) in [6.07, 6.45) is -0.982. The third-order valence-electron chi connectivity index (χ3n) is 6.34. The van der Waals surface area contributed by atoms with E-state index in [1.807, 2.05) is 27.7 Å². The fourth-order valence-corrected chi connectivity index (χ4v) is 5.71. The van der Waals surface area contributed by atoms with E-state index in [4.69, 9.17) is 4.74 Å². The molecule has 3 aromatic rings. The molecule has 0 aromatic heterocycles. The van der Waals surface area contributed by atoms with Gasteiger partial charge in [0.1, 0.15) is 5.75 Å². The maximum Gasteiger partial charge on any atom is 0.264 e. The quantitative estimate of drug-likeness (QED) is 0.574. The largest absolute Gasteiger partial charge is 0.476 e. The predicted molar refractivity (Wildman–Crippen MR) is 134 cm³/mol. The molecule has 3 aromatic carbocycles. The molecular formula is C27H30N2O4S. The van der Waals surface area contributed by atoms with Gasteiger partial charge in [-0.15, -0.1) is 0 Å². The fraction of sp³-hybridized carbons (Fsp3) is 0.296. The highest BCUT2D eigenvalue weighted by molar-refractivity contribution is 7.92. The maximum atomic E-state index is 13.5. The van der Waals surface area contributed by atoms with Crippen LogP contribution in [-0.2, 0) is 14.8 Å². The third kappa shape index (κ3) is 4.53. The molecule has 1 aliphatic heterocycles. The Balaban J connectivity index is 1.62. The molecule has 34 heavy (non-hydrogen) atoms. The molecule has 0 aliphatic carbocycles. The lowest BCUT2D eigenvalue weighted by Gasteiger charge is -2.35. The summed E-state index contributed by atoms with van der Waals surface area (Å²) in [6.45, 7) is 9.84. The standard InChI is InChI=1S/C27H30N2O4S/c1-17-10-12-22(13-11-17)34(31,32)29-16-26(33-25-9-7-6-8-24(25)29)27(30)28-21(5)23-15-19(3)18(2)14-20(23)4/h6-15,21,26H,16H2,1-5H3,(H,28,30)/t21-,26-/m0/s1. The number of fused-ring (bicyclic) bond motifs is 1. The lowest BCUT2D eigenvalue weighted by atomic mass is 9.96. The van der Waals surface area contributed by atoms with E-state index in [0.29, 0.717) is 11.4 Å². The molecule has 0 saturated carbocycles. The number of nitrogens with zero attached hydrogens (tertiary/aromatic N) is 1. The first kappa shape index (κ1) is 23.8. The molecule has 0 bridgehead atoms. The summed E-state index contributed by atoms with van der Waals surface area (Å²) in [4.78, 5) is 13.4. The minimum absolute atomic E-state index is 0.113. The Hall–Kier alpha value is -3.32. The first-order chi connectivity index (χ1) is 16.1. The average Bonchev–Trinajstić information content (AvgIpc) is 2.80. The van der Waals surface area contributed by atoms with E-state index in [-0.39, 0.29) is 23.4 Å². The zero-order valence-electron chi connectivity index (χ0n) is 20.1. The normalized spacial score (nSPS) is 16.4. The third-order valence-corrected chi connectivity index (χ3v) is 8.14. The number of anilines is 1. The first-order valence-electron chi connectivity index (χ1n) is 11.3. The Morgan fingerprint density at radius 3 is 2.32 bits per heavy atom. The Kier molecular flexibility index (Phi) is 6.41. The molecular weight excluding hydrogens is 448 g/mol. The molecule has 1 heterocycles. The van der Waals surface area contributed by atoms with Crippen LogP contribution in [-0.4, -0.2) is 27.0 Å². The number of aryl methyl sites for hydroxylation is 4. The molecule has 1 aliphatic rings. The number of rotatable bonds is 5. The van der Waals surface area contributed by atoms with Crippen LogP contribution in [0.2, 0.25) is 0 Å². The van der Waals surface area contributed by atoms with Crippen LogP contribution in [0.25, 0.3) is 0 Å². The van der Waals surface area contributed by atoms with Gasteiger partial charge in [-0.1, -0.05) is 42.0 Å². The topological polar surface area (TPSA) is 75.7 Å². The molecule has 0 spiro atoms. The molecule has 1 N–H and O–H groups in total. The van der Waals surface area contributed by atoms with Crippen molar-refractivity contribution in [2.24, 2.45) is 0 Å². The number of para-hydroxylation sites is 2. The van der Waals surface area contributed by atoms with Crippen molar-refractivity contribution in [3.05, 3.63) is 88.5 Å². The molecule has 0 saturated heterocycles. The van der Waals surface area contributed by atoms with Crippen molar-refractivity contribution >= 4 is 21.6 Å². The summed E-state index contributed by atoms with van der Waals surface area (Å²) in [5.74, 6) is 0.00309. The van der Waals surface area contributed by atoms with Crippen molar-refractivity contribution in [1.82, 2.24) is 5.32 Å². The Morgan fingerprint density at radius 1 is 0.971 bits per heavy atom. The number of benzene rings is 3. The summed E-state index contributed by atoms with van der Waals surface area (Å²) in [6, 6.07) is 17.5. The SMILES string of the molecule is Cc1ccc(S(=O)(=O)N2C[C@@H](C(=O)N[C@@H](C)c3cc(C)c(C)cc3C)Oc3ccccc32)cc1. The van der Waals surface area contributed by atoms with E-state index >= 15 is 0 Å². The van der Waals surface area contributed by atoms with Crippen LogP contribution < -0.4 is 14.4 Å². The van der Waals surface area contributed by atoms with Crippen LogP contribution in [0.3, 0.4) is 0 Å². The number of ether oxygens (including phenoxy) is 1. The first-order valence-corrected chi connectivity index (χ1v) is 12.7. The van der Waals surface area contributed by atoms with Crippen LogP contribution in [0.5, 0.6) is 5.75 Å². The maximum absolute atomic E-state index is 13.5. The molecule has 6 nitrogen and oxygen atoms in total. The Labute approximate surface area is 201 Å². The van der Waals surface area contributed by atoms with Gasteiger partial charge < -0.3 is 10.1 Å². The van der Waals surface area contributed by atoms with E-state index in [0.717, 1.165) is 22.3 Å². The summed E-state index contributed by atoms with van der Waals surface area (Å²) in [5.41, 5.74) is 5.86. The van der Waals surface area contributed by atoms with E-state index in [1.165, 1.54) is 9.87 Å². The molecule has 4 rings (SSSR count). The smallest absolute Gasteiger partial charge is 0.264 e. The molecule has 1 amide bonds. The van der Waals surface area contributed by atoms with Gasteiger partial charge in [0.15, 0.2) is 6.10 Å². The average molecular weight is 479 g/mol. The van der Waals surface area contributed by atoms with Crippen LogP contribution in [0.15, 0.2) is 65.6 Å². The van der Waals surface area contributed by atoms with Gasteiger partial charge in [0.25, 0.3) is 15.9 Å². The lowest BCUT2D eigenvalue weighted by molar-refractivity contribution is -0.128. The molecule has 0 unspecified atom stereocenters. The molecule has 0 radical (unpaired) electrons. The number of sulfonamides is 1. The van der Waals surface area contributed by atoms with Crippen LogP contribution in [0, 0.1) is 27.7 Å². The monoisotopic (exact) mass is 478 g/mol. The number of carbonyl (C=O) groups is 1. The highest BCUT2D eigenvalue weighted by Gasteiger charge is 2.37. The number of amides is 1. The summed E-state index contributed by atoms with van der Waals surface area (Å²) in [5, 5.41) is 3.02. The van der Waals surface area contributed by atoms with Crippen LogP contribution in [0.1, 0.15) is 40.8 Å². The van der Waals surface area contributed by atoms with Crippen molar-refractivity contribution in [2.45, 2.75) is 51.7 Å². The molecule has 7 heteroatoms. The van der Waals surface area contributed by atoms with Crippen LogP contribution in [0.4, 0.5) is 5.69 Å². The minimum Gasteiger partial charge on any atom is -0.476 e. The van der Waals surface area contributed by atoms with Crippen molar-refractivity contribution in [1.29, 1.82) is 0 Å². The second-order valence-electron chi connectivity index (χ2n) is 8.95. The number of hydrogen-bond donors (Lipinski definition) is 1. The zero-order chi connectivity index (χ0) is 24.6. The minimum atomic E-state index is -3.88. The Bertz CT molecular complexity index is 1330. The summed E-state index contributed by atoms with van der Waals surface area (Å²) >= 11 is 0. The van der Waals surface area contributed by atoms with Gasteiger partial charge in [0.05, 0.1) is 23.2 Å². The summed E-state index contributed by atoms with van der Waals surface area (Å²) in [7, 11) is -3.88. The van der Waals surface area contributed by atoms with E-state index in [1.54, 1.807) is 48.5 Å². The fourth-order valence-electron chi connectivity index (χ4n) is 4.24. The van der Waals surface area contributed by atoms with Crippen molar-refractivity contribution in [3.63, 3.8) is 0 Å². The molecule has 178 valence electrons. The van der Waals surface area contributed by atoms with E-state index < -0.39 is 16.1 Å². The number of hydrogen-bond acceptors (Lipinski definition) is 4. The number of nitrogens with one attached hydrogen (secondary N) is 1. The Morgan fingerprint density at radius 2 is 1.62 bits per heavy atom. The second-order valence-corrected chi connectivity index (χ2v) is 10.8. The van der Waals surface area contributed by atoms with Gasteiger partial charge in [-0.25, -0.2) is 8.42 Å². The van der Waals surface area contributed by atoms with E-state index in [2.05, 4.69) is 24.4 Å². The highest BCUT2D eigenvalue weighted by Crippen LogP contribution is 2.37. The van der Waals surface area contributed by atoms with Crippen molar-refractivity contribution in [2.75, 3.05) is 10.8 Å². The molecule has 2 atom stereocenters. The van der Waals surface area contributed by atoms with Gasteiger partial charge in [0.2, 0.25) is 0 Å². The highest BCUT2D eigenvalue weighted by atomic mass is 32.2. The van der Waals surface area contributed by atoms with Gasteiger partial charge in [-0.05, 0) is 81.1 Å². The predicted octanol–water partition coefficient (Wildman–Crippen LogP) is 4.75. The number of carbonyl (C=O) groups excluding carboxylic acids is 1. The van der Waals surface area contributed by atoms with E-state index in [9.17, 15) is 13.2 Å². The van der Waals surface area contributed by atoms with Crippen molar-refractivity contribution < 1.29 is 17.9 Å². The lowest BCUT2D eigenvalue weighted by Crippen LogP contribution is -2.51. The zero-order valence-corrected chi connectivity index (χ0v) is 20.9. The second kappa shape index (κ2) is 9.14. The van der Waals surface area contributed by atoms with Gasteiger partial charge in [-0.2, -0.15) is 0 Å². The van der Waals surface area contributed by atoms with Gasteiger partial charge in [0, 0.05) is 0 Å². The van der Waals surface area contributed by atoms with Crippen LogP contribution >= 0.6 is 0 Å². The summed E-state index contributed by atoms with van der Waals surface area (Å²) < 4.78 is 34.3. The van der Waals surface area contributed by atoms with Gasteiger partial charge in [-0.3, -0.25) is 9.10 Å². The van der Waals surface area contributed by atoms with Gasteiger partial charge >= 0.3 is 0 Å². The molecule has 0 fully saturated rings.